The fourth-order valence-corrected chi connectivity index (χ4v) is 11.9. The van der Waals surface area contributed by atoms with Crippen LogP contribution >= 0.6 is 0 Å². The van der Waals surface area contributed by atoms with Gasteiger partial charge in [0.25, 0.3) is 0 Å². The molecule has 3 rings (SSSR count). The summed E-state index contributed by atoms with van der Waals surface area (Å²) in [4.78, 5) is 5.05. The molecule has 1 heteroatoms. The van der Waals surface area contributed by atoms with Gasteiger partial charge in [-0.25, -0.2) is 0 Å². The average Bonchev–Trinajstić information content (AvgIpc) is 2.47. The number of rotatable bonds is 0. The minimum atomic E-state index is -2.41. The Morgan fingerprint density at radius 1 is 0.778 bits per heavy atom. The van der Waals surface area contributed by atoms with Crippen molar-refractivity contribution in [1.29, 1.82) is 0 Å². The molecular formula is C17H18Sn. The van der Waals surface area contributed by atoms with E-state index in [2.05, 4.69) is 71.4 Å². The van der Waals surface area contributed by atoms with E-state index in [-0.39, 0.29) is 0 Å². The molecule has 0 fully saturated rings. The molecule has 0 radical (unpaired) electrons. The Morgan fingerprint density at radius 3 is 2.22 bits per heavy atom. The first kappa shape index (κ1) is 12.0. The summed E-state index contributed by atoms with van der Waals surface area (Å²) in [5, 5.41) is 0. The zero-order valence-corrected chi connectivity index (χ0v) is 14.1. The maximum atomic E-state index is 2.53. The van der Waals surface area contributed by atoms with E-state index in [9.17, 15) is 0 Å². The van der Waals surface area contributed by atoms with Gasteiger partial charge >= 0.3 is 114 Å². The van der Waals surface area contributed by atoms with Gasteiger partial charge in [-0.2, -0.15) is 0 Å². The number of hydrogen-bond donors (Lipinski definition) is 0. The van der Waals surface area contributed by atoms with E-state index in [1.807, 2.05) is 0 Å². The van der Waals surface area contributed by atoms with Gasteiger partial charge in [-0.1, -0.05) is 0 Å². The molecule has 0 nitrogen and oxygen atoms in total. The zero-order chi connectivity index (χ0) is 12.8. The van der Waals surface area contributed by atoms with Crippen LogP contribution in [0.3, 0.4) is 0 Å². The zero-order valence-electron chi connectivity index (χ0n) is 11.2. The molecule has 0 aromatic heterocycles. The number of hydrogen-bond acceptors (Lipinski definition) is 0. The third kappa shape index (κ3) is 1.83. The van der Waals surface area contributed by atoms with Gasteiger partial charge < -0.3 is 0 Å². The van der Waals surface area contributed by atoms with Crippen LogP contribution in [0.2, 0.25) is 9.88 Å². The fraction of sp³-hybridized carbons (Fsp3) is 0.176. The van der Waals surface area contributed by atoms with Crippen LogP contribution in [0.1, 0.15) is 16.7 Å². The molecule has 2 aromatic carbocycles. The fourth-order valence-electron chi connectivity index (χ4n) is 2.89. The van der Waals surface area contributed by atoms with Crippen molar-refractivity contribution in [1.82, 2.24) is 0 Å². The summed E-state index contributed by atoms with van der Waals surface area (Å²) in [5.41, 5.74) is 4.23. The van der Waals surface area contributed by atoms with Crippen LogP contribution in [0.25, 0.3) is 12.2 Å². The molecule has 0 aliphatic carbocycles. The maximum absolute atomic E-state index is 2.53. The van der Waals surface area contributed by atoms with Crippen molar-refractivity contribution in [2.45, 2.75) is 16.8 Å². The second kappa shape index (κ2) is 4.27. The molecule has 1 aliphatic heterocycles. The SMILES string of the molecule is Cc1ccc2[c](c1)[Sn]([CH3])([CH3])[c]1ccccc1C=C2. The molecule has 0 saturated heterocycles. The molecule has 0 N–H and O–H groups in total. The van der Waals surface area contributed by atoms with E-state index in [0.29, 0.717) is 0 Å². The van der Waals surface area contributed by atoms with Crippen LogP contribution in [-0.2, 0) is 0 Å². The molecule has 0 unspecified atom stereocenters. The third-order valence-electron chi connectivity index (χ3n) is 3.96. The number of fused-ring (bicyclic) bond motifs is 2. The van der Waals surface area contributed by atoms with Gasteiger partial charge in [0.05, 0.1) is 0 Å². The monoisotopic (exact) mass is 342 g/mol. The Hall–Kier alpha value is -1.02. The molecule has 1 aliphatic rings. The summed E-state index contributed by atoms with van der Waals surface area (Å²) >= 11 is -2.41. The minimum absolute atomic E-state index is 1.38. The third-order valence-corrected chi connectivity index (χ3v) is 14.2. The van der Waals surface area contributed by atoms with Gasteiger partial charge in [-0.05, 0) is 0 Å². The van der Waals surface area contributed by atoms with Crippen LogP contribution in [0.15, 0.2) is 42.5 Å². The Kier molecular flexibility index (Phi) is 2.85. The van der Waals surface area contributed by atoms with E-state index in [1.165, 1.54) is 16.7 Å². The molecule has 0 amide bonds. The Labute approximate surface area is 113 Å². The summed E-state index contributed by atoms with van der Waals surface area (Å²) in [6.07, 6.45) is 4.58. The van der Waals surface area contributed by atoms with Gasteiger partial charge in [-0.15, -0.1) is 0 Å². The second-order valence-corrected chi connectivity index (χ2v) is 18.0. The van der Waals surface area contributed by atoms with Gasteiger partial charge in [0.2, 0.25) is 0 Å². The van der Waals surface area contributed by atoms with Crippen LogP contribution in [0.4, 0.5) is 0 Å². The van der Waals surface area contributed by atoms with Crippen LogP contribution in [-0.4, -0.2) is 18.4 Å². The first-order valence-corrected chi connectivity index (χ1v) is 15.0. The molecule has 0 spiro atoms. The van der Waals surface area contributed by atoms with Gasteiger partial charge in [0, 0.05) is 0 Å². The molecule has 1 heterocycles. The summed E-state index contributed by atoms with van der Waals surface area (Å²) in [5.74, 6) is 0. The summed E-state index contributed by atoms with van der Waals surface area (Å²) in [6.45, 7) is 2.20. The number of aryl methyl sites for hydroxylation is 1. The van der Waals surface area contributed by atoms with E-state index < -0.39 is 18.4 Å². The predicted molar refractivity (Wildman–Crippen MR) is 83.3 cm³/mol. The molecule has 90 valence electrons. The van der Waals surface area contributed by atoms with Crippen LogP contribution in [0, 0.1) is 6.92 Å². The summed E-state index contributed by atoms with van der Waals surface area (Å²) in [7, 11) is 0. The summed E-state index contributed by atoms with van der Waals surface area (Å²) in [6, 6.07) is 15.8. The first-order valence-electron chi connectivity index (χ1n) is 6.48. The predicted octanol–water partition coefficient (Wildman–Crippen LogP) is 3.30. The van der Waals surface area contributed by atoms with E-state index >= 15 is 0 Å². The van der Waals surface area contributed by atoms with Gasteiger partial charge in [0.15, 0.2) is 0 Å². The van der Waals surface area contributed by atoms with E-state index in [4.69, 9.17) is 0 Å². The molecule has 0 atom stereocenters. The second-order valence-electron chi connectivity index (χ2n) is 5.64. The van der Waals surface area contributed by atoms with Crippen LogP contribution in [0.5, 0.6) is 0 Å². The van der Waals surface area contributed by atoms with Crippen LogP contribution < -0.4 is 7.16 Å². The first-order chi connectivity index (χ1) is 8.59. The number of benzene rings is 2. The molecule has 0 saturated carbocycles. The summed E-state index contributed by atoms with van der Waals surface area (Å²) < 4.78 is 3.25. The van der Waals surface area contributed by atoms with Crippen molar-refractivity contribution in [2.24, 2.45) is 0 Å². The average molecular weight is 341 g/mol. The Balaban J connectivity index is 2.34. The Morgan fingerprint density at radius 2 is 1.44 bits per heavy atom. The standard InChI is InChI=1S/C15H12.2CH3.Sn/c1-13-7-9-15(10-8-13)12-11-14-5-3-2-4-6-14;;;/h2-5,7-9,11-12H,1H3;2*1H3;. The quantitative estimate of drug-likeness (QED) is 0.645. The van der Waals surface area contributed by atoms with Crippen molar-refractivity contribution in [3.63, 3.8) is 0 Å². The van der Waals surface area contributed by atoms with Crippen molar-refractivity contribution in [3.05, 3.63) is 59.2 Å². The van der Waals surface area contributed by atoms with E-state index in [1.54, 1.807) is 7.16 Å². The molecule has 18 heavy (non-hydrogen) atoms. The van der Waals surface area contributed by atoms with Crippen molar-refractivity contribution in [3.8, 4) is 0 Å². The normalized spacial score (nSPS) is 15.7. The van der Waals surface area contributed by atoms with Crippen molar-refractivity contribution in [2.75, 3.05) is 0 Å². The van der Waals surface area contributed by atoms with Crippen molar-refractivity contribution >= 4 is 37.7 Å². The Bertz CT molecular complexity index is 636. The van der Waals surface area contributed by atoms with Gasteiger partial charge in [-0.3, -0.25) is 0 Å². The molecular weight excluding hydrogens is 323 g/mol. The van der Waals surface area contributed by atoms with E-state index in [0.717, 1.165) is 0 Å². The molecule has 2 aromatic rings. The molecule has 0 bridgehead atoms. The van der Waals surface area contributed by atoms with Gasteiger partial charge in [0.1, 0.15) is 0 Å². The van der Waals surface area contributed by atoms with Crippen molar-refractivity contribution < 1.29 is 0 Å². The topological polar surface area (TPSA) is 0 Å².